The number of ether oxygens (including phenoxy) is 1. The maximum atomic E-state index is 11.8. The highest BCUT2D eigenvalue weighted by atomic mass is 16.6. The molecule has 1 heterocycles. The van der Waals surface area contributed by atoms with E-state index in [1.54, 1.807) is 0 Å². The number of rotatable bonds is 3. The molecule has 0 spiro atoms. The summed E-state index contributed by atoms with van der Waals surface area (Å²) in [6, 6.07) is 8.72. The van der Waals surface area contributed by atoms with E-state index in [4.69, 9.17) is 10.5 Å². The lowest BCUT2D eigenvalue weighted by atomic mass is 10.2. The lowest BCUT2D eigenvalue weighted by Gasteiger charge is -2.31. The smallest absolute Gasteiger partial charge is 0.429 e. The molecule has 0 radical (unpaired) electrons. The van der Waals surface area contributed by atoms with Crippen LogP contribution in [0.1, 0.15) is 5.56 Å². The Morgan fingerprint density at radius 2 is 2.20 bits per heavy atom. The fraction of sp³-hybridized carbons (Fsp3) is 0.250. The van der Waals surface area contributed by atoms with Crippen LogP contribution in [0.5, 0.6) is 0 Å². The lowest BCUT2D eigenvalue weighted by molar-refractivity contribution is 0.0192. The fourth-order valence-corrected chi connectivity index (χ4v) is 1.56. The number of nitrogens with two attached hydrogens (primary N) is 1. The molecule has 0 aliphatic carbocycles. The highest BCUT2D eigenvalue weighted by Crippen LogP contribution is 2.06. The molecule has 3 N–H and O–H groups in total. The lowest BCUT2D eigenvalue weighted by Crippen LogP contribution is -2.57. The van der Waals surface area contributed by atoms with E-state index in [-0.39, 0.29) is 19.2 Å². The van der Waals surface area contributed by atoms with Crippen LogP contribution in [-0.2, 0) is 11.3 Å². The molecule has 0 aromatic heterocycles. The van der Waals surface area contributed by atoms with E-state index in [1.807, 2.05) is 30.3 Å². The standard InChI is InChI=1S/C12H15N5O3/c1-16(17-8-14-10(13)15-11(17)18)12(19)20-7-9-5-3-2-4-6-9/h2-6H,7-8H2,1H3,(H3,13,14,15,18). The monoisotopic (exact) mass is 277 g/mol. The molecule has 0 unspecified atom stereocenters. The molecule has 1 aliphatic heterocycles. The van der Waals surface area contributed by atoms with Gasteiger partial charge >= 0.3 is 12.1 Å². The summed E-state index contributed by atoms with van der Waals surface area (Å²) in [5, 5.41) is 4.44. The molecular weight excluding hydrogens is 262 g/mol. The van der Waals surface area contributed by atoms with Crippen LogP contribution >= 0.6 is 0 Å². The van der Waals surface area contributed by atoms with E-state index in [1.165, 1.54) is 7.05 Å². The van der Waals surface area contributed by atoms with Crippen molar-refractivity contribution in [3.8, 4) is 0 Å². The fourth-order valence-electron chi connectivity index (χ4n) is 1.56. The molecule has 106 valence electrons. The Morgan fingerprint density at radius 3 is 2.85 bits per heavy atom. The third-order valence-corrected chi connectivity index (χ3v) is 2.68. The molecular formula is C12H15N5O3. The minimum atomic E-state index is -0.653. The third-order valence-electron chi connectivity index (χ3n) is 2.68. The molecule has 0 bridgehead atoms. The zero-order valence-electron chi connectivity index (χ0n) is 10.9. The van der Waals surface area contributed by atoms with Crippen LogP contribution in [0.4, 0.5) is 9.59 Å². The van der Waals surface area contributed by atoms with Gasteiger partial charge in [-0.2, -0.15) is 0 Å². The van der Waals surface area contributed by atoms with Crippen molar-refractivity contribution in [1.29, 1.82) is 0 Å². The Kier molecular flexibility index (Phi) is 4.04. The minimum absolute atomic E-state index is 0.0253. The van der Waals surface area contributed by atoms with Gasteiger partial charge in [0.2, 0.25) is 0 Å². The highest BCUT2D eigenvalue weighted by molar-refractivity contribution is 5.97. The summed E-state index contributed by atoms with van der Waals surface area (Å²) in [4.78, 5) is 27.3. The largest absolute Gasteiger partial charge is 0.443 e. The zero-order valence-corrected chi connectivity index (χ0v) is 10.9. The van der Waals surface area contributed by atoms with Gasteiger partial charge in [0.15, 0.2) is 5.96 Å². The van der Waals surface area contributed by atoms with Crippen molar-refractivity contribution < 1.29 is 14.3 Å². The Labute approximate surface area is 115 Å². The summed E-state index contributed by atoms with van der Waals surface area (Å²) in [7, 11) is 1.42. The first-order valence-corrected chi connectivity index (χ1v) is 5.90. The normalized spacial score (nSPS) is 14.3. The summed E-state index contributed by atoms with van der Waals surface area (Å²) >= 11 is 0. The van der Waals surface area contributed by atoms with Gasteiger partial charge in [0.1, 0.15) is 13.3 Å². The summed E-state index contributed by atoms with van der Waals surface area (Å²) in [5.74, 6) is 0.0253. The second kappa shape index (κ2) is 5.91. The second-order valence-corrected chi connectivity index (χ2v) is 4.08. The van der Waals surface area contributed by atoms with Crippen LogP contribution in [-0.4, -0.2) is 41.8 Å². The molecule has 20 heavy (non-hydrogen) atoms. The van der Waals surface area contributed by atoms with Gasteiger partial charge in [-0.3, -0.25) is 5.32 Å². The first kappa shape index (κ1) is 13.7. The molecule has 0 fully saturated rings. The second-order valence-electron chi connectivity index (χ2n) is 4.08. The third kappa shape index (κ3) is 3.16. The first-order chi connectivity index (χ1) is 9.58. The van der Waals surface area contributed by atoms with Gasteiger partial charge in [0.25, 0.3) is 0 Å². The van der Waals surface area contributed by atoms with Gasteiger partial charge < -0.3 is 10.5 Å². The molecule has 2 rings (SSSR count). The Balaban J connectivity index is 1.91. The van der Waals surface area contributed by atoms with Crippen molar-refractivity contribution in [1.82, 2.24) is 15.3 Å². The molecule has 0 saturated carbocycles. The molecule has 1 aromatic rings. The van der Waals surface area contributed by atoms with Crippen LogP contribution in [0.15, 0.2) is 35.3 Å². The van der Waals surface area contributed by atoms with Gasteiger partial charge in [-0.25, -0.2) is 24.6 Å². The van der Waals surface area contributed by atoms with Gasteiger partial charge in [-0.05, 0) is 5.56 Å². The maximum absolute atomic E-state index is 11.8. The Hall–Kier alpha value is -2.77. The van der Waals surface area contributed by atoms with Gasteiger partial charge in [-0.15, -0.1) is 0 Å². The van der Waals surface area contributed by atoms with Crippen molar-refractivity contribution >= 4 is 18.1 Å². The highest BCUT2D eigenvalue weighted by Gasteiger charge is 2.26. The number of nitrogens with zero attached hydrogens (tertiary/aromatic N) is 3. The number of carbonyl (C=O) groups excluding carboxylic acids is 2. The number of urea groups is 1. The molecule has 1 aromatic carbocycles. The number of carbonyl (C=O) groups is 2. The van der Waals surface area contributed by atoms with E-state index in [9.17, 15) is 9.59 Å². The van der Waals surface area contributed by atoms with Crippen LogP contribution in [0, 0.1) is 0 Å². The maximum Gasteiger partial charge on any atom is 0.429 e. The van der Waals surface area contributed by atoms with Gasteiger partial charge in [0.05, 0.1) is 0 Å². The molecule has 0 saturated heterocycles. The average molecular weight is 277 g/mol. The average Bonchev–Trinajstić information content (AvgIpc) is 2.45. The number of hydrogen-bond donors (Lipinski definition) is 2. The van der Waals surface area contributed by atoms with E-state index in [0.29, 0.717) is 0 Å². The van der Waals surface area contributed by atoms with Crippen LogP contribution < -0.4 is 11.1 Å². The number of nitrogens with one attached hydrogen (secondary N) is 1. The quantitative estimate of drug-likeness (QED) is 0.838. The number of hydrogen-bond acceptors (Lipinski definition) is 5. The summed E-state index contributed by atoms with van der Waals surface area (Å²) in [6.07, 6.45) is -0.653. The van der Waals surface area contributed by atoms with Crippen molar-refractivity contribution in [2.24, 2.45) is 10.7 Å². The van der Waals surface area contributed by atoms with Crippen LogP contribution in [0.2, 0.25) is 0 Å². The van der Waals surface area contributed by atoms with E-state index in [2.05, 4.69) is 10.3 Å². The molecule has 0 atom stereocenters. The molecule has 8 nitrogen and oxygen atoms in total. The zero-order chi connectivity index (χ0) is 14.5. The van der Waals surface area contributed by atoms with E-state index >= 15 is 0 Å². The van der Waals surface area contributed by atoms with Gasteiger partial charge in [0, 0.05) is 7.05 Å². The van der Waals surface area contributed by atoms with Crippen molar-refractivity contribution in [3.05, 3.63) is 35.9 Å². The van der Waals surface area contributed by atoms with Crippen molar-refractivity contribution in [3.63, 3.8) is 0 Å². The number of aliphatic imine (C=N–C) groups is 1. The topological polar surface area (TPSA) is 100 Å². The Morgan fingerprint density at radius 1 is 1.50 bits per heavy atom. The number of benzene rings is 1. The molecule has 1 aliphatic rings. The molecule has 3 amide bonds. The van der Waals surface area contributed by atoms with Crippen LogP contribution in [0.25, 0.3) is 0 Å². The Bertz CT molecular complexity index is 531. The van der Waals surface area contributed by atoms with Crippen LogP contribution in [0.3, 0.4) is 0 Å². The first-order valence-electron chi connectivity index (χ1n) is 5.90. The predicted molar refractivity (Wildman–Crippen MR) is 71.3 cm³/mol. The number of amides is 3. The predicted octanol–water partition coefficient (Wildman–Crippen LogP) is 0.467. The number of hydrazine groups is 1. The minimum Gasteiger partial charge on any atom is -0.443 e. The number of guanidine groups is 1. The summed E-state index contributed by atoms with van der Waals surface area (Å²) in [5.41, 5.74) is 6.22. The van der Waals surface area contributed by atoms with Crippen molar-refractivity contribution in [2.45, 2.75) is 6.61 Å². The summed E-state index contributed by atoms with van der Waals surface area (Å²) in [6.45, 7) is 0.0967. The van der Waals surface area contributed by atoms with Gasteiger partial charge in [-0.1, -0.05) is 30.3 Å². The molecule has 8 heteroatoms. The van der Waals surface area contributed by atoms with E-state index in [0.717, 1.165) is 15.6 Å². The SMILES string of the molecule is CN(C(=O)OCc1ccccc1)N1CN=C(N)NC1=O. The summed E-state index contributed by atoms with van der Waals surface area (Å²) < 4.78 is 5.10. The van der Waals surface area contributed by atoms with Crippen molar-refractivity contribution in [2.75, 3.05) is 13.7 Å². The van der Waals surface area contributed by atoms with E-state index < -0.39 is 12.1 Å².